The molecule has 0 unspecified atom stereocenters. The van der Waals surface area contributed by atoms with E-state index in [4.69, 9.17) is 4.74 Å². The van der Waals surface area contributed by atoms with Crippen molar-refractivity contribution in [3.05, 3.63) is 54.4 Å². The number of nitrogens with zero attached hydrogens (tertiary/aromatic N) is 2. The zero-order valence-corrected chi connectivity index (χ0v) is 14.5. The normalized spacial score (nSPS) is 10.8. The first-order valence-electron chi connectivity index (χ1n) is 7.58. The molecule has 24 heavy (non-hydrogen) atoms. The molecule has 5 nitrogen and oxygen atoms in total. The molecule has 3 aromatic rings. The number of thioether (sulfide) groups is 1. The lowest BCUT2D eigenvalue weighted by molar-refractivity contribution is -0.116. The maximum atomic E-state index is 12.4. The van der Waals surface area contributed by atoms with Crippen molar-refractivity contribution in [3.63, 3.8) is 0 Å². The maximum Gasteiger partial charge on any atom is 0.244 e. The van der Waals surface area contributed by atoms with Gasteiger partial charge in [-0.25, -0.2) is 4.98 Å². The number of rotatable bonds is 6. The van der Waals surface area contributed by atoms with Gasteiger partial charge in [-0.05, 0) is 42.7 Å². The van der Waals surface area contributed by atoms with Gasteiger partial charge < -0.3 is 14.6 Å². The monoisotopic (exact) mass is 341 g/mol. The molecule has 0 aliphatic rings. The van der Waals surface area contributed by atoms with E-state index in [9.17, 15) is 4.79 Å². The molecule has 0 atom stereocenters. The average molecular weight is 341 g/mol. The minimum absolute atomic E-state index is 0.0781. The molecule has 1 heterocycles. The Balaban J connectivity index is 1.80. The van der Waals surface area contributed by atoms with Gasteiger partial charge in [0, 0.05) is 5.69 Å². The van der Waals surface area contributed by atoms with Crippen LogP contribution in [0.2, 0.25) is 0 Å². The third kappa shape index (κ3) is 3.54. The van der Waals surface area contributed by atoms with Crippen LogP contribution in [0.3, 0.4) is 0 Å². The highest BCUT2D eigenvalue weighted by molar-refractivity contribution is 7.97. The Morgan fingerprint density at radius 1 is 1.21 bits per heavy atom. The van der Waals surface area contributed by atoms with E-state index in [1.165, 1.54) is 0 Å². The van der Waals surface area contributed by atoms with E-state index >= 15 is 0 Å². The summed E-state index contributed by atoms with van der Waals surface area (Å²) < 4.78 is 7.10. The van der Waals surface area contributed by atoms with Crippen LogP contribution < -0.4 is 10.1 Å². The van der Waals surface area contributed by atoms with Crippen LogP contribution in [0.5, 0.6) is 5.75 Å². The van der Waals surface area contributed by atoms with Gasteiger partial charge >= 0.3 is 0 Å². The zero-order chi connectivity index (χ0) is 16.9. The van der Waals surface area contributed by atoms with Crippen molar-refractivity contribution in [2.24, 2.45) is 0 Å². The first kappa shape index (κ1) is 16.4. The van der Waals surface area contributed by atoms with Crippen molar-refractivity contribution < 1.29 is 9.53 Å². The van der Waals surface area contributed by atoms with Gasteiger partial charge in [-0.1, -0.05) is 12.1 Å². The molecule has 0 aliphatic carbocycles. The number of carbonyl (C=O) groups excluding carboxylic acids is 1. The van der Waals surface area contributed by atoms with Gasteiger partial charge in [0.05, 0.1) is 23.9 Å². The Bertz CT molecular complexity index is 843. The fraction of sp³-hybridized carbons (Fsp3) is 0.222. The van der Waals surface area contributed by atoms with Crippen LogP contribution in [0.1, 0.15) is 5.82 Å². The van der Waals surface area contributed by atoms with E-state index < -0.39 is 0 Å². The molecule has 1 amide bonds. The topological polar surface area (TPSA) is 56.1 Å². The van der Waals surface area contributed by atoms with Gasteiger partial charge in [0.2, 0.25) is 5.91 Å². The van der Waals surface area contributed by atoms with Gasteiger partial charge in [-0.2, -0.15) is 11.8 Å². The number of methoxy groups -OCH3 is 1. The number of aromatic nitrogens is 2. The minimum atomic E-state index is -0.0781. The average Bonchev–Trinajstić information content (AvgIpc) is 2.93. The summed E-state index contributed by atoms with van der Waals surface area (Å²) in [6.45, 7) is 0.239. The van der Waals surface area contributed by atoms with Crippen molar-refractivity contribution in [2.45, 2.75) is 12.3 Å². The number of anilines is 1. The van der Waals surface area contributed by atoms with E-state index in [2.05, 4.69) is 10.3 Å². The molecular formula is C18H19N3O2S. The van der Waals surface area contributed by atoms with Gasteiger partial charge in [-0.15, -0.1) is 0 Å². The molecule has 6 heteroatoms. The fourth-order valence-electron chi connectivity index (χ4n) is 2.56. The van der Waals surface area contributed by atoms with Crippen molar-refractivity contribution in [1.82, 2.24) is 9.55 Å². The van der Waals surface area contributed by atoms with Gasteiger partial charge in [0.25, 0.3) is 0 Å². The fourth-order valence-corrected chi connectivity index (χ4v) is 3.04. The lowest BCUT2D eigenvalue weighted by Gasteiger charge is -2.10. The number of nitrogens with one attached hydrogen (secondary N) is 1. The van der Waals surface area contributed by atoms with Crippen LogP contribution in [0, 0.1) is 0 Å². The number of carbonyl (C=O) groups is 1. The third-order valence-electron chi connectivity index (χ3n) is 3.68. The summed E-state index contributed by atoms with van der Waals surface area (Å²) in [4.78, 5) is 17.1. The Labute approximate surface area is 145 Å². The van der Waals surface area contributed by atoms with Crippen molar-refractivity contribution in [1.29, 1.82) is 0 Å². The van der Waals surface area contributed by atoms with E-state index in [-0.39, 0.29) is 12.5 Å². The number of benzene rings is 2. The van der Waals surface area contributed by atoms with Crippen LogP contribution in [0.25, 0.3) is 11.0 Å². The molecule has 0 bridgehead atoms. The molecule has 0 radical (unpaired) electrons. The summed E-state index contributed by atoms with van der Waals surface area (Å²) >= 11 is 1.69. The van der Waals surface area contributed by atoms with E-state index in [0.717, 1.165) is 34.0 Å². The van der Waals surface area contributed by atoms with Crippen LogP contribution in [-0.2, 0) is 17.1 Å². The SMILES string of the molecule is COc1ccc(NC(=O)Cn2c(CSC)nc3ccccc32)cc1. The second-order valence-electron chi connectivity index (χ2n) is 5.31. The van der Waals surface area contributed by atoms with Crippen LogP contribution >= 0.6 is 11.8 Å². The van der Waals surface area contributed by atoms with Crippen LogP contribution in [-0.4, -0.2) is 28.8 Å². The molecule has 1 aromatic heterocycles. The molecule has 2 aromatic carbocycles. The quantitative estimate of drug-likeness (QED) is 0.745. The predicted octanol–water partition coefficient (Wildman–Crippen LogP) is 3.55. The Morgan fingerprint density at radius 2 is 1.96 bits per heavy atom. The lowest BCUT2D eigenvalue weighted by Crippen LogP contribution is -2.20. The highest BCUT2D eigenvalue weighted by Gasteiger charge is 2.13. The summed E-state index contributed by atoms with van der Waals surface area (Å²) in [6, 6.07) is 15.2. The highest BCUT2D eigenvalue weighted by atomic mass is 32.2. The van der Waals surface area contributed by atoms with Gasteiger partial charge in [0.15, 0.2) is 0 Å². The molecule has 0 saturated carbocycles. The van der Waals surface area contributed by atoms with Crippen LogP contribution in [0.15, 0.2) is 48.5 Å². The number of amides is 1. The summed E-state index contributed by atoms with van der Waals surface area (Å²) in [6.07, 6.45) is 2.03. The summed E-state index contributed by atoms with van der Waals surface area (Å²) in [5.41, 5.74) is 2.64. The zero-order valence-electron chi connectivity index (χ0n) is 13.7. The number of hydrogen-bond acceptors (Lipinski definition) is 4. The Kier molecular flexibility index (Phi) is 5.05. The maximum absolute atomic E-state index is 12.4. The second-order valence-corrected chi connectivity index (χ2v) is 6.18. The van der Waals surface area contributed by atoms with Gasteiger partial charge in [0.1, 0.15) is 18.1 Å². The molecule has 3 rings (SSSR count). The van der Waals surface area contributed by atoms with Gasteiger partial charge in [-0.3, -0.25) is 4.79 Å². The molecule has 1 N–H and O–H groups in total. The summed E-state index contributed by atoms with van der Waals surface area (Å²) in [5.74, 6) is 2.36. The van der Waals surface area contributed by atoms with Crippen molar-refractivity contribution >= 4 is 34.4 Å². The molecule has 0 saturated heterocycles. The standard InChI is InChI=1S/C18H19N3O2S/c1-23-14-9-7-13(8-10-14)19-18(22)11-21-16-6-4-3-5-15(16)20-17(21)12-24-2/h3-10H,11-12H2,1-2H3,(H,19,22). The summed E-state index contributed by atoms with van der Waals surface area (Å²) in [7, 11) is 1.62. The van der Waals surface area contributed by atoms with Crippen molar-refractivity contribution in [2.75, 3.05) is 18.7 Å². The first-order chi connectivity index (χ1) is 11.7. The molecule has 0 aliphatic heterocycles. The van der Waals surface area contributed by atoms with Crippen LogP contribution in [0.4, 0.5) is 5.69 Å². The molecule has 0 spiro atoms. The lowest BCUT2D eigenvalue weighted by atomic mass is 10.3. The summed E-state index contributed by atoms with van der Waals surface area (Å²) in [5, 5.41) is 2.92. The minimum Gasteiger partial charge on any atom is -0.497 e. The van der Waals surface area contributed by atoms with E-state index in [0.29, 0.717) is 0 Å². The third-order valence-corrected chi connectivity index (χ3v) is 4.23. The number of imidazole rings is 1. The van der Waals surface area contributed by atoms with E-state index in [1.807, 2.05) is 59.4 Å². The number of ether oxygens (including phenoxy) is 1. The van der Waals surface area contributed by atoms with E-state index in [1.54, 1.807) is 18.9 Å². The number of fused-ring (bicyclic) bond motifs is 1. The Morgan fingerprint density at radius 3 is 2.67 bits per heavy atom. The molecular weight excluding hydrogens is 322 g/mol. The Hall–Kier alpha value is -2.47. The largest absolute Gasteiger partial charge is 0.497 e. The molecule has 124 valence electrons. The van der Waals surface area contributed by atoms with Crippen molar-refractivity contribution in [3.8, 4) is 5.75 Å². The molecule has 0 fully saturated rings. The number of hydrogen-bond donors (Lipinski definition) is 1. The second kappa shape index (κ2) is 7.40. The highest BCUT2D eigenvalue weighted by Crippen LogP contribution is 2.20. The first-order valence-corrected chi connectivity index (χ1v) is 8.97. The number of para-hydroxylation sites is 2. The smallest absolute Gasteiger partial charge is 0.244 e. The predicted molar refractivity (Wildman–Crippen MR) is 98.6 cm³/mol.